The number of hydrogen-bond donors (Lipinski definition) is 1. The molecule has 0 bridgehead atoms. The molecule has 0 spiro atoms. The molecule has 0 unspecified atom stereocenters. The van der Waals surface area contributed by atoms with Crippen LogP contribution in [0.4, 0.5) is 0 Å². The lowest BCUT2D eigenvalue weighted by Crippen LogP contribution is -2.17. The molecule has 0 atom stereocenters. The molecule has 0 aromatic carbocycles. The first kappa shape index (κ1) is 12.1. The summed E-state index contributed by atoms with van der Waals surface area (Å²) in [6, 6.07) is 0. The van der Waals surface area contributed by atoms with Crippen molar-refractivity contribution in [2.75, 3.05) is 20.7 Å². The van der Waals surface area contributed by atoms with Crippen LogP contribution in [0.5, 0.6) is 0 Å². The Kier molecular flexibility index (Phi) is 10.2. The van der Waals surface area contributed by atoms with Crippen LogP contribution in [0.25, 0.3) is 0 Å². The van der Waals surface area contributed by atoms with Crippen molar-refractivity contribution < 1.29 is 9.90 Å². The van der Waals surface area contributed by atoms with E-state index in [9.17, 15) is 4.79 Å². The number of amides is 1. The van der Waals surface area contributed by atoms with E-state index in [1.54, 1.807) is 14.1 Å². The van der Waals surface area contributed by atoms with Gasteiger partial charge in [-0.1, -0.05) is 6.92 Å². The largest absolute Gasteiger partial charge is 0.396 e. The van der Waals surface area contributed by atoms with E-state index < -0.39 is 0 Å². The first-order valence-electron chi connectivity index (χ1n) is 3.35. The third kappa shape index (κ3) is 15.7. The minimum Gasteiger partial charge on any atom is -0.396 e. The smallest absolute Gasteiger partial charge is 0.218 e. The summed E-state index contributed by atoms with van der Waals surface area (Å²) >= 11 is 0. The molecule has 10 heavy (non-hydrogen) atoms. The summed E-state index contributed by atoms with van der Waals surface area (Å²) < 4.78 is 0. The highest BCUT2D eigenvalue weighted by atomic mass is 16.2. The fourth-order valence-corrected chi connectivity index (χ4v) is 0. The molecule has 0 radical (unpaired) electrons. The lowest BCUT2D eigenvalue weighted by Gasteiger charge is -2.02. The molecule has 0 heterocycles. The van der Waals surface area contributed by atoms with Crippen LogP contribution in [0, 0.1) is 0 Å². The minimum absolute atomic E-state index is 0.0926. The predicted octanol–water partition coefficient (Wildman–Crippen LogP) is 0.483. The normalized spacial score (nSPS) is 7.70. The average Bonchev–Trinajstić information content (AvgIpc) is 1.89. The third-order valence-corrected chi connectivity index (χ3v) is 0.853. The third-order valence-electron chi connectivity index (χ3n) is 0.853. The van der Waals surface area contributed by atoms with E-state index in [1.807, 2.05) is 6.92 Å². The Morgan fingerprint density at radius 1 is 1.50 bits per heavy atom. The van der Waals surface area contributed by atoms with Crippen molar-refractivity contribution in [3.8, 4) is 0 Å². The van der Waals surface area contributed by atoms with Crippen molar-refractivity contribution in [1.82, 2.24) is 4.90 Å². The van der Waals surface area contributed by atoms with Gasteiger partial charge < -0.3 is 10.0 Å². The highest BCUT2D eigenvalue weighted by molar-refractivity contribution is 5.72. The van der Waals surface area contributed by atoms with Crippen LogP contribution in [0.1, 0.15) is 20.3 Å². The van der Waals surface area contributed by atoms with Gasteiger partial charge in [-0.3, -0.25) is 4.79 Å². The molecule has 1 N–H and O–H groups in total. The number of hydrogen-bond acceptors (Lipinski definition) is 2. The van der Waals surface area contributed by atoms with E-state index in [1.165, 1.54) is 11.8 Å². The highest BCUT2D eigenvalue weighted by Gasteiger charge is 1.87. The number of aliphatic hydroxyl groups is 1. The van der Waals surface area contributed by atoms with E-state index in [2.05, 4.69) is 0 Å². The zero-order valence-corrected chi connectivity index (χ0v) is 7.22. The lowest BCUT2D eigenvalue weighted by atomic mass is 10.5. The minimum atomic E-state index is 0.0926. The van der Waals surface area contributed by atoms with E-state index in [-0.39, 0.29) is 5.91 Å². The molecular weight excluding hydrogens is 130 g/mol. The van der Waals surface area contributed by atoms with E-state index in [4.69, 9.17) is 5.11 Å². The maximum atomic E-state index is 10.1. The quantitative estimate of drug-likeness (QED) is 0.586. The van der Waals surface area contributed by atoms with Crippen LogP contribution in [0.3, 0.4) is 0 Å². The Balaban J connectivity index is 0. The summed E-state index contributed by atoms with van der Waals surface area (Å²) in [4.78, 5) is 11.6. The van der Waals surface area contributed by atoms with Crippen LogP contribution >= 0.6 is 0 Å². The topological polar surface area (TPSA) is 40.5 Å². The van der Waals surface area contributed by atoms with Gasteiger partial charge in [0.05, 0.1) is 0 Å². The number of aliphatic hydroxyl groups excluding tert-OH is 1. The standard InChI is InChI=1S/C4H9NO.C3H8O/c1-4(6)5(2)3;1-2-3-4/h1-3H3;4H,2-3H2,1H3. The molecule has 1 amide bonds. The molecule has 3 heteroatoms. The van der Waals surface area contributed by atoms with Gasteiger partial charge in [-0.2, -0.15) is 0 Å². The molecule has 0 aromatic rings. The van der Waals surface area contributed by atoms with Crippen LogP contribution in [0.2, 0.25) is 0 Å². The Labute approximate surface area is 62.7 Å². The fourth-order valence-electron chi connectivity index (χ4n) is 0. The van der Waals surface area contributed by atoms with Crippen molar-refractivity contribution in [2.24, 2.45) is 0 Å². The van der Waals surface area contributed by atoms with Crippen LogP contribution in [-0.2, 0) is 4.79 Å². The first-order chi connectivity index (χ1) is 4.56. The molecule has 3 nitrogen and oxygen atoms in total. The van der Waals surface area contributed by atoms with Gasteiger partial charge in [0, 0.05) is 27.6 Å². The van der Waals surface area contributed by atoms with Crippen LogP contribution in [-0.4, -0.2) is 36.6 Å². The molecule has 0 aromatic heterocycles. The molecule has 0 fully saturated rings. The zero-order valence-electron chi connectivity index (χ0n) is 7.22. The number of nitrogens with zero attached hydrogens (tertiary/aromatic N) is 1. The number of rotatable bonds is 1. The van der Waals surface area contributed by atoms with E-state index in [0.717, 1.165) is 6.42 Å². The second-order valence-electron chi connectivity index (χ2n) is 2.14. The molecule has 0 saturated heterocycles. The SMILES string of the molecule is CC(=O)N(C)C.CCCO. The Morgan fingerprint density at radius 2 is 1.70 bits per heavy atom. The molecule has 0 aliphatic carbocycles. The summed E-state index contributed by atoms with van der Waals surface area (Å²) in [7, 11) is 3.45. The second-order valence-corrected chi connectivity index (χ2v) is 2.14. The van der Waals surface area contributed by atoms with Gasteiger partial charge in [-0.15, -0.1) is 0 Å². The van der Waals surface area contributed by atoms with Gasteiger partial charge in [-0.05, 0) is 6.42 Å². The molecule has 62 valence electrons. The lowest BCUT2D eigenvalue weighted by molar-refractivity contribution is -0.126. The number of carbonyl (C=O) groups is 1. The fraction of sp³-hybridized carbons (Fsp3) is 0.857. The first-order valence-corrected chi connectivity index (χ1v) is 3.35. The van der Waals surface area contributed by atoms with Gasteiger partial charge in [0.15, 0.2) is 0 Å². The monoisotopic (exact) mass is 147 g/mol. The summed E-state index contributed by atoms with van der Waals surface area (Å²) in [5.41, 5.74) is 0. The van der Waals surface area contributed by atoms with Gasteiger partial charge >= 0.3 is 0 Å². The van der Waals surface area contributed by atoms with Gasteiger partial charge in [0.2, 0.25) is 5.91 Å². The van der Waals surface area contributed by atoms with E-state index in [0.29, 0.717) is 6.61 Å². The Morgan fingerprint density at radius 3 is 1.70 bits per heavy atom. The van der Waals surface area contributed by atoms with E-state index >= 15 is 0 Å². The maximum Gasteiger partial charge on any atom is 0.218 e. The summed E-state index contributed by atoms with van der Waals surface area (Å²) in [6.45, 7) is 3.78. The number of carbonyl (C=O) groups excluding carboxylic acids is 1. The summed E-state index contributed by atoms with van der Waals surface area (Å²) in [6.07, 6.45) is 0.875. The van der Waals surface area contributed by atoms with Gasteiger partial charge in [0.1, 0.15) is 0 Å². The van der Waals surface area contributed by atoms with Crippen LogP contribution < -0.4 is 0 Å². The molecule has 0 saturated carbocycles. The van der Waals surface area contributed by atoms with Gasteiger partial charge in [-0.25, -0.2) is 0 Å². The molecule has 0 rings (SSSR count). The molecular formula is C7H17NO2. The highest BCUT2D eigenvalue weighted by Crippen LogP contribution is 1.69. The average molecular weight is 147 g/mol. The maximum absolute atomic E-state index is 10.1. The molecule has 0 aliphatic rings. The van der Waals surface area contributed by atoms with Crippen molar-refractivity contribution >= 4 is 5.91 Å². The Bertz CT molecular complexity index is 79.7. The zero-order chi connectivity index (χ0) is 8.57. The second kappa shape index (κ2) is 8.43. The predicted molar refractivity (Wildman–Crippen MR) is 41.7 cm³/mol. The van der Waals surface area contributed by atoms with Crippen molar-refractivity contribution in [2.45, 2.75) is 20.3 Å². The van der Waals surface area contributed by atoms with Crippen molar-refractivity contribution in [1.29, 1.82) is 0 Å². The van der Waals surface area contributed by atoms with Crippen LogP contribution in [0.15, 0.2) is 0 Å². The van der Waals surface area contributed by atoms with Crippen molar-refractivity contribution in [3.05, 3.63) is 0 Å². The summed E-state index contributed by atoms with van der Waals surface area (Å²) in [5.74, 6) is 0.0926. The Hall–Kier alpha value is -0.570. The van der Waals surface area contributed by atoms with Gasteiger partial charge in [0.25, 0.3) is 0 Å². The molecule has 0 aliphatic heterocycles. The summed E-state index contributed by atoms with van der Waals surface area (Å²) in [5, 5.41) is 7.88. The van der Waals surface area contributed by atoms with Crippen molar-refractivity contribution in [3.63, 3.8) is 0 Å².